The zero-order chi connectivity index (χ0) is 24.3. The number of likely N-dealkylation sites (N-methyl/N-ethyl adjacent to an activating group) is 1. The summed E-state index contributed by atoms with van der Waals surface area (Å²) in [5.74, 6) is 0.324. The third-order valence-electron chi connectivity index (χ3n) is 5.35. The van der Waals surface area contributed by atoms with Crippen LogP contribution in [-0.4, -0.2) is 53.3 Å². The van der Waals surface area contributed by atoms with Crippen molar-refractivity contribution in [2.45, 2.75) is 51.5 Å². The van der Waals surface area contributed by atoms with Crippen LogP contribution in [0, 0.1) is 12.8 Å². The van der Waals surface area contributed by atoms with Crippen LogP contribution < -0.4 is 0 Å². The normalized spacial score (nSPS) is 13.1. The Kier molecular flexibility index (Phi) is 7.76. The van der Waals surface area contributed by atoms with Crippen molar-refractivity contribution >= 4 is 38.6 Å². The molecule has 10 heteroatoms. The van der Waals surface area contributed by atoms with Crippen LogP contribution in [0.2, 0.25) is 5.02 Å². The van der Waals surface area contributed by atoms with Crippen LogP contribution in [-0.2, 0) is 26.0 Å². The van der Waals surface area contributed by atoms with E-state index in [2.05, 4.69) is 15.0 Å². The number of carbonyl (C=O) groups excluding carboxylic acids is 1. The van der Waals surface area contributed by atoms with Gasteiger partial charge in [0.05, 0.1) is 22.7 Å². The Morgan fingerprint density at radius 1 is 1.27 bits per heavy atom. The monoisotopic (exact) mass is 492 g/mol. The molecule has 1 atom stereocenters. The number of benzene rings is 1. The van der Waals surface area contributed by atoms with E-state index in [4.69, 9.17) is 16.3 Å². The summed E-state index contributed by atoms with van der Waals surface area (Å²) in [5, 5.41) is 0.298. The number of nitrogens with zero attached hydrogens (tertiary/aromatic N) is 3. The largest absolute Gasteiger partial charge is 0.465 e. The molecule has 0 amide bonds. The number of aromatic amines is 1. The first kappa shape index (κ1) is 25.1. The van der Waals surface area contributed by atoms with Crippen LogP contribution in [0.1, 0.15) is 44.3 Å². The molecule has 8 nitrogen and oxygen atoms in total. The first-order valence-corrected chi connectivity index (χ1v) is 12.6. The topological polar surface area (TPSA) is 105 Å². The molecule has 178 valence electrons. The van der Waals surface area contributed by atoms with E-state index in [0.29, 0.717) is 17.9 Å². The molecule has 2 aromatic heterocycles. The molecule has 33 heavy (non-hydrogen) atoms. The molecule has 3 rings (SSSR count). The second-order valence-corrected chi connectivity index (χ2v) is 10.7. The quantitative estimate of drug-likeness (QED) is 0.450. The molecule has 0 saturated carbocycles. The van der Waals surface area contributed by atoms with Gasteiger partial charge in [0.1, 0.15) is 17.4 Å². The minimum Gasteiger partial charge on any atom is -0.465 e. The summed E-state index contributed by atoms with van der Waals surface area (Å²) in [5.41, 5.74) is 3.10. The highest BCUT2D eigenvalue weighted by Gasteiger charge is 2.34. The van der Waals surface area contributed by atoms with Gasteiger partial charge in [0, 0.05) is 24.7 Å². The highest BCUT2D eigenvalue weighted by atomic mass is 35.5. The Morgan fingerprint density at radius 2 is 2.00 bits per heavy atom. The molecule has 0 radical (unpaired) electrons. The Hall–Kier alpha value is -2.49. The first-order chi connectivity index (χ1) is 15.5. The number of pyridine rings is 1. The van der Waals surface area contributed by atoms with Crippen molar-refractivity contribution in [1.29, 1.82) is 0 Å². The van der Waals surface area contributed by atoms with Gasteiger partial charge in [-0.3, -0.25) is 9.78 Å². The lowest BCUT2D eigenvalue weighted by molar-refractivity contribution is -0.147. The fraction of sp³-hybridized carbons (Fsp3) is 0.435. The number of ether oxygens (including phenoxy) is 1. The van der Waals surface area contributed by atoms with E-state index in [-0.39, 0.29) is 17.4 Å². The van der Waals surface area contributed by atoms with Gasteiger partial charge in [-0.25, -0.2) is 13.4 Å². The third kappa shape index (κ3) is 5.54. The molecule has 0 fully saturated rings. The zero-order valence-electron chi connectivity index (χ0n) is 19.4. The van der Waals surface area contributed by atoms with E-state index in [0.717, 1.165) is 32.4 Å². The maximum Gasteiger partial charge on any atom is 0.324 e. The standard InChI is InChI=1S/C23H29ClN4O4S/c1-6-32-23(29)21(11-14(2)3)28(5)33(30,31)17-8-7-16(18(24)13-17)12-20-22-19(9-10-25-20)26-15(4)27-22/h7-10,13-14,21H,6,11-12H2,1-5H3,(H,26,27)/t21-/m0/s1. The average molecular weight is 493 g/mol. The van der Waals surface area contributed by atoms with Crippen LogP contribution >= 0.6 is 11.6 Å². The molecule has 1 N–H and O–H groups in total. The van der Waals surface area contributed by atoms with Crippen molar-refractivity contribution in [1.82, 2.24) is 19.3 Å². The summed E-state index contributed by atoms with van der Waals surface area (Å²) in [6.45, 7) is 7.59. The predicted octanol–water partition coefficient (Wildman–Crippen LogP) is 4.11. The number of nitrogens with one attached hydrogen (secondary N) is 1. The van der Waals surface area contributed by atoms with Crippen LogP contribution in [0.3, 0.4) is 0 Å². The molecule has 3 aromatic rings. The highest BCUT2D eigenvalue weighted by Crippen LogP contribution is 2.28. The summed E-state index contributed by atoms with van der Waals surface area (Å²) in [7, 11) is -2.58. The van der Waals surface area contributed by atoms with E-state index < -0.39 is 22.0 Å². The smallest absolute Gasteiger partial charge is 0.324 e. The number of hydrogen-bond donors (Lipinski definition) is 1. The molecule has 0 aliphatic rings. The molecule has 0 unspecified atom stereocenters. The number of imidazole rings is 1. The van der Waals surface area contributed by atoms with Crippen molar-refractivity contribution in [3.05, 3.63) is 52.6 Å². The van der Waals surface area contributed by atoms with Gasteiger partial charge in [0.25, 0.3) is 0 Å². The van der Waals surface area contributed by atoms with Crippen molar-refractivity contribution in [2.75, 3.05) is 13.7 Å². The fourth-order valence-electron chi connectivity index (χ4n) is 3.67. The fourth-order valence-corrected chi connectivity index (χ4v) is 5.33. The SMILES string of the molecule is CCOC(=O)[C@H](CC(C)C)N(C)S(=O)(=O)c1ccc(Cc2nccc3[nH]c(C)nc23)c(Cl)c1. The van der Waals surface area contributed by atoms with E-state index in [1.54, 1.807) is 19.2 Å². The van der Waals surface area contributed by atoms with Gasteiger partial charge in [-0.2, -0.15) is 4.31 Å². The number of rotatable bonds is 9. The number of hydrogen-bond acceptors (Lipinski definition) is 6. The number of aromatic nitrogens is 3. The number of carbonyl (C=O) groups is 1. The van der Waals surface area contributed by atoms with Crippen LogP contribution in [0.5, 0.6) is 0 Å². The van der Waals surface area contributed by atoms with Gasteiger partial charge in [0.2, 0.25) is 10.0 Å². The van der Waals surface area contributed by atoms with Gasteiger partial charge >= 0.3 is 5.97 Å². The minimum atomic E-state index is -3.98. The Morgan fingerprint density at radius 3 is 2.64 bits per heavy atom. The van der Waals surface area contributed by atoms with Crippen LogP contribution in [0.15, 0.2) is 35.4 Å². The van der Waals surface area contributed by atoms with Gasteiger partial charge in [-0.1, -0.05) is 31.5 Å². The van der Waals surface area contributed by atoms with Gasteiger partial charge in [-0.15, -0.1) is 0 Å². The van der Waals surface area contributed by atoms with E-state index in [1.165, 1.54) is 19.2 Å². The molecule has 0 aliphatic carbocycles. The second-order valence-electron chi connectivity index (χ2n) is 8.32. The highest BCUT2D eigenvalue weighted by molar-refractivity contribution is 7.89. The van der Waals surface area contributed by atoms with Gasteiger partial charge in [-0.05, 0) is 49.9 Å². The number of fused-ring (bicyclic) bond motifs is 1. The average Bonchev–Trinajstić information content (AvgIpc) is 3.14. The van der Waals surface area contributed by atoms with Crippen molar-refractivity contribution < 1.29 is 17.9 Å². The number of sulfonamides is 1. The zero-order valence-corrected chi connectivity index (χ0v) is 21.0. The number of esters is 1. The van der Waals surface area contributed by atoms with E-state index in [1.807, 2.05) is 26.8 Å². The van der Waals surface area contributed by atoms with Crippen molar-refractivity contribution in [2.24, 2.45) is 5.92 Å². The molecule has 2 heterocycles. The lowest BCUT2D eigenvalue weighted by atomic mass is 10.0. The molecular formula is C23H29ClN4O4S. The molecule has 0 saturated heterocycles. The Labute approximate surface area is 199 Å². The number of H-pyrrole nitrogens is 1. The summed E-state index contributed by atoms with van der Waals surface area (Å²) < 4.78 is 32.8. The van der Waals surface area contributed by atoms with E-state index in [9.17, 15) is 13.2 Å². The third-order valence-corrected chi connectivity index (χ3v) is 7.56. The summed E-state index contributed by atoms with van der Waals surface area (Å²) in [6.07, 6.45) is 2.44. The molecule has 0 spiro atoms. The van der Waals surface area contributed by atoms with Crippen molar-refractivity contribution in [3.8, 4) is 0 Å². The van der Waals surface area contributed by atoms with Gasteiger partial charge in [0.15, 0.2) is 0 Å². The number of halogens is 1. The Balaban J connectivity index is 1.90. The molecular weight excluding hydrogens is 464 g/mol. The second kappa shape index (κ2) is 10.2. The van der Waals surface area contributed by atoms with Gasteiger partial charge < -0.3 is 9.72 Å². The van der Waals surface area contributed by atoms with Crippen LogP contribution in [0.4, 0.5) is 0 Å². The lowest BCUT2D eigenvalue weighted by Crippen LogP contribution is -2.44. The van der Waals surface area contributed by atoms with Crippen molar-refractivity contribution in [3.63, 3.8) is 0 Å². The lowest BCUT2D eigenvalue weighted by Gasteiger charge is -2.27. The summed E-state index contributed by atoms with van der Waals surface area (Å²) in [6, 6.07) is 5.52. The molecule has 0 aliphatic heterocycles. The first-order valence-electron chi connectivity index (χ1n) is 10.8. The minimum absolute atomic E-state index is 0.0126. The number of aryl methyl sites for hydroxylation is 1. The maximum atomic E-state index is 13.3. The molecule has 1 aromatic carbocycles. The maximum absolute atomic E-state index is 13.3. The Bertz CT molecular complexity index is 1260. The van der Waals surface area contributed by atoms with Crippen LogP contribution in [0.25, 0.3) is 11.0 Å². The summed E-state index contributed by atoms with van der Waals surface area (Å²) >= 11 is 6.49. The summed E-state index contributed by atoms with van der Waals surface area (Å²) in [4.78, 5) is 24.6. The molecule has 0 bridgehead atoms. The van der Waals surface area contributed by atoms with E-state index >= 15 is 0 Å². The predicted molar refractivity (Wildman–Crippen MR) is 128 cm³/mol.